The molecule has 1 atom stereocenters. The molecule has 9 heteroatoms. The van der Waals surface area contributed by atoms with Crippen LogP contribution < -0.4 is 10.9 Å². The molecule has 0 bridgehead atoms. The van der Waals surface area contributed by atoms with E-state index in [1.807, 2.05) is 35.7 Å². The van der Waals surface area contributed by atoms with Gasteiger partial charge < -0.3 is 19.8 Å². The van der Waals surface area contributed by atoms with E-state index in [2.05, 4.69) is 25.3 Å². The number of hydrogen-bond donors (Lipinski definition) is 3. The van der Waals surface area contributed by atoms with Crippen LogP contribution in [0.4, 0.5) is 5.13 Å². The number of aromatic nitrogens is 4. The van der Waals surface area contributed by atoms with E-state index in [4.69, 9.17) is 4.42 Å². The number of aromatic amines is 1. The fourth-order valence-electron chi connectivity index (χ4n) is 3.17. The number of hydrogen-bond acceptors (Lipinski definition) is 8. The third-order valence-corrected chi connectivity index (χ3v) is 5.38. The van der Waals surface area contributed by atoms with Crippen molar-refractivity contribution < 1.29 is 9.52 Å². The number of aliphatic hydroxyl groups excluding tert-OH is 1. The predicted molar refractivity (Wildman–Crippen MR) is 117 cm³/mol. The molecule has 0 aliphatic rings. The normalized spacial score (nSPS) is 12.5. The average Bonchev–Trinajstić information content (AvgIpc) is 3.39. The van der Waals surface area contributed by atoms with Gasteiger partial charge in [-0.1, -0.05) is 18.2 Å². The summed E-state index contributed by atoms with van der Waals surface area (Å²) in [6.07, 6.45) is 1.08. The maximum absolute atomic E-state index is 12.7. The Morgan fingerprint density at radius 3 is 2.97 bits per heavy atom. The lowest BCUT2D eigenvalue weighted by atomic mass is 10.2. The number of fused-ring (bicyclic) bond motifs is 2. The van der Waals surface area contributed by atoms with E-state index in [1.165, 1.54) is 11.3 Å². The molecule has 0 saturated heterocycles. The summed E-state index contributed by atoms with van der Waals surface area (Å²) in [4.78, 5) is 29.1. The topological polar surface area (TPSA) is 117 Å². The first-order chi connectivity index (χ1) is 14.6. The van der Waals surface area contributed by atoms with Crippen molar-refractivity contribution in [1.82, 2.24) is 19.9 Å². The minimum absolute atomic E-state index is 0.276. The zero-order valence-corrected chi connectivity index (χ0v) is 16.7. The monoisotopic (exact) mass is 419 g/mol. The number of benzene rings is 1. The largest absolute Gasteiger partial charge is 0.453 e. The number of rotatable bonds is 5. The van der Waals surface area contributed by atoms with Crippen molar-refractivity contribution in [3.8, 4) is 23.0 Å². The van der Waals surface area contributed by atoms with E-state index < -0.39 is 6.10 Å². The predicted octanol–water partition coefficient (Wildman–Crippen LogP) is 3.65. The van der Waals surface area contributed by atoms with Gasteiger partial charge in [0.1, 0.15) is 22.5 Å². The second-order valence-corrected chi connectivity index (χ2v) is 7.74. The van der Waals surface area contributed by atoms with Gasteiger partial charge in [-0.3, -0.25) is 9.78 Å². The molecule has 0 fully saturated rings. The highest BCUT2D eigenvalue weighted by Crippen LogP contribution is 2.30. The number of para-hydroxylation sites is 1. The lowest BCUT2D eigenvalue weighted by molar-refractivity contribution is 0.208. The van der Waals surface area contributed by atoms with Gasteiger partial charge in [0.25, 0.3) is 5.56 Å². The Hall–Kier alpha value is -3.56. The number of furan rings is 1. The molecule has 150 valence electrons. The zero-order valence-electron chi connectivity index (χ0n) is 15.9. The Morgan fingerprint density at radius 2 is 2.13 bits per heavy atom. The molecule has 0 amide bonds. The molecule has 1 aromatic carbocycles. The molecule has 5 aromatic rings. The molecule has 3 N–H and O–H groups in total. The first-order valence-electron chi connectivity index (χ1n) is 9.34. The van der Waals surface area contributed by atoms with Crippen molar-refractivity contribution >= 4 is 38.3 Å². The second kappa shape index (κ2) is 7.36. The lowest BCUT2D eigenvalue weighted by Crippen LogP contribution is -2.15. The van der Waals surface area contributed by atoms with Gasteiger partial charge >= 0.3 is 0 Å². The van der Waals surface area contributed by atoms with Crippen molar-refractivity contribution in [2.24, 2.45) is 0 Å². The molecule has 30 heavy (non-hydrogen) atoms. The Morgan fingerprint density at radius 1 is 1.27 bits per heavy atom. The van der Waals surface area contributed by atoms with Crippen molar-refractivity contribution in [2.45, 2.75) is 13.0 Å². The fourth-order valence-corrected chi connectivity index (χ4v) is 3.87. The number of nitrogens with one attached hydrogen (secondary N) is 2. The number of anilines is 1. The maximum atomic E-state index is 12.7. The molecule has 4 aromatic heterocycles. The first-order valence-corrected chi connectivity index (χ1v) is 10.2. The Labute approximate surface area is 174 Å². The van der Waals surface area contributed by atoms with Crippen molar-refractivity contribution in [3.63, 3.8) is 0 Å². The van der Waals surface area contributed by atoms with Gasteiger partial charge in [0, 0.05) is 23.5 Å². The van der Waals surface area contributed by atoms with Crippen LogP contribution in [-0.2, 0) is 0 Å². The van der Waals surface area contributed by atoms with Gasteiger partial charge in [-0.05, 0) is 25.1 Å². The van der Waals surface area contributed by atoms with Crippen LogP contribution in [-0.4, -0.2) is 37.7 Å². The minimum Gasteiger partial charge on any atom is -0.453 e. The van der Waals surface area contributed by atoms with Crippen LogP contribution in [0.15, 0.2) is 57.2 Å². The summed E-state index contributed by atoms with van der Waals surface area (Å²) in [6.45, 7) is 2.09. The zero-order chi connectivity index (χ0) is 20.7. The second-order valence-electron chi connectivity index (χ2n) is 6.89. The van der Waals surface area contributed by atoms with Crippen LogP contribution in [0.25, 0.3) is 44.8 Å². The number of nitrogens with zero attached hydrogens (tertiary/aromatic N) is 3. The van der Waals surface area contributed by atoms with Gasteiger partial charge in [0.15, 0.2) is 16.7 Å². The van der Waals surface area contributed by atoms with Crippen LogP contribution in [0, 0.1) is 0 Å². The van der Waals surface area contributed by atoms with E-state index in [0.717, 1.165) is 11.0 Å². The van der Waals surface area contributed by atoms with Crippen LogP contribution in [0.2, 0.25) is 0 Å². The molecular weight excluding hydrogens is 402 g/mol. The number of H-pyrrole nitrogens is 1. The number of pyridine rings is 1. The molecule has 1 unspecified atom stereocenters. The number of aliphatic hydroxyl groups is 1. The lowest BCUT2D eigenvalue weighted by Gasteiger charge is -2.05. The van der Waals surface area contributed by atoms with Crippen LogP contribution in [0.3, 0.4) is 0 Å². The fraction of sp³-hybridized carbons (Fsp3) is 0.143. The minimum atomic E-state index is -0.486. The van der Waals surface area contributed by atoms with Gasteiger partial charge in [0.05, 0.1) is 11.5 Å². The molecule has 0 aliphatic heterocycles. The third kappa shape index (κ3) is 3.34. The van der Waals surface area contributed by atoms with Crippen molar-refractivity contribution in [2.75, 3.05) is 11.9 Å². The molecule has 0 saturated carbocycles. The van der Waals surface area contributed by atoms with Crippen LogP contribution in [0.1, 0.15) is 6.92 Å². The Kier molecular flexibility index (Phi) is 4.53. The summed E-state index contributed by atoms with van der Waals surface area (Å²) in [7, 11) is 0. The third-order valence-electron chi connectivity index (χ3n) is 4.58. The van der Waals surface area contributed by atoms with Crippen molar-refractivity contribution in [1.29, 1.82) is 0 Å². The molecule has 8 nitrogen and oxygen atoms in total. The molecule has 4 heterocycles. The van der Waals surface area contributed by atoms with Crippen molar-refractivity contribution in [3.05, 3.63) is 58.3 Å². The van der Waals surface area contributed by atoms with Crippen LogP contribution >= 0.6 is 11.3 Å². The Bertz CT molecular complexity index is 1390. The van der Waals surface area contributed by atoms with Gasteiger partial charge in [0.2, 0.25) is 0 Å². The summed E-state index contributed by atoms with van der Waals surface area (Å²) in [6, 6.07) is 11.1. The smallest absolute Gasteiger partial charge is 0.259 e. The molecular formula is C21H17N5O3S. The molecule has 0 spiro atoms. The van der Waals surface area contributed by atoms with E-state index in [0.29, 0.717) is 45.6 Å². The van der Waals surface area contributed by atoms with Gasteiger partial charge in [-0.25, -0.2) is 9.97 Å². The summed E-state index contributed by atoms with van der Waals surface area (Å²) in [5.41, 5.74) is 2.01. The van der Waals surface area contributed by atoms with E-state index in [9.17, 15) is 9.90 Å². The molecule has 0 radical (unpaired) electrons. The van der Waals surface area contributed by atoms with Crippen LogP contribution in [0.5, 0.6) is 0 Å². The highest BCUT2D eigenvalue weighted by Gasteiger charge is 2.16. The highest BCUT2D eigenvalue weighted by atomic mass is 32.1. The van der Waals surface area contributed by atoms with E-state index in [1.54, 1.807) is 19.2 Å². The summed E-state index contributed by atoms with van der Waals surface area (Å²) >= 11 is 1.40. The van der Waals surface area contributed by atoms with E-state index >= 15 is 0 Å². The summed E-state index contributed by atoms with van der Waals surface area (Å²) in [5.74, 6) is 0.809. The standard InChI is InChI=1S/C21H17N5O3S/c1-11(27)9-23-21-24-14(10-30-21)18-17-13(6-7-22-18)20(28)26-19(25-17)16-8-12-4-2-3-5-15(12)29-16/h2-8,10-11,27H,9H2,1H3,(H,23,24)(H,25,26,28). The molecule has 5 rings (SSSR count). The summed E-state index contributed by atoms with van der Waals surface area (Å²) in [5, 5.41) is 16.4. The summed E-state index contributed by atoms with van der Waals surface area (Å²) < 4.78 is 5.86. The SMILES string of the molecule is CC(O)CNc1nc(-c2nccc3c(=O)[nH]c(-c4cc5ccccc5o4)nc23)cs1. The number of thiazole rings is 1. The van der Waals surface area contributed by atoms with E-state index in [-0.39, 0.29) is 5.56 Å². The Balaban J connectivity index is 1.62. The molecule has 0 aliphatic carbocycles. The first kappa shape index (κ1) is 18.5. The van der Waals surface area contributed by atoms with Gasteiger partial charge in [-0.15, -0.1) is 11.3 Å². The maximum Gasteiger partial charge on any atom is 0.259 e. The average molecular weight is 419 g/mol. The van der Waals surface area contributed by atoms with Gasteiger partial charge in [-0.2, -0.15) is 0 Å². The highest BCUT2D eigenvalue weighted by molar-refractivity contribution is 7.14. The quantitative estimate of drug-likeness (QED) is 0.398.